The number of hydrogen-bond donors (Lipinski definition) is 1. The summed E-state index contributed by atoms with van der Waals surface area (Å²) in [5, 5.41) is 10.8. The lowest BCUT2D eigenvalue weighted by Gasteiger charge is -2.32. The topological polar surface area (TPSA) is 40.5 Å². The highest BCUT2D eigenvalue weighted by Gasteiger charge is 2.26. The highest BCUT2D eigenvalue weighted by molar-refractivity contribution is 8.14. The summed E-state index contributed by atoms with van der Waals surface area (Å²) in [6.07, 6.45) is -0.525. The molecule has 1 N–H and O–H groups in total. The molecule has 0 heterocycles. The van der Waals surface area contributed by atoms with Crippen molar-refractivity contribution in [2.24, 2.45) is 0 Å². The molecule has 4 heteroatoms. The molecule has 0 unspecified atom stereocenters. The van der Waals surface area contributed by atoms with Gasteiger partial charge in [0.1, 0.15) is 0 Å². The van der Waals surface area contributed by atoms with Crippen LogP contribution in [0.2, 0.25) is 0 Å². The van der Waals surface area contributed by atoms with Crippen LogP contribution in [0.15, 0.2) is 60.7 Å². The minimum atomic E-state index is -0.695. The third kappa shape index (κ3) is 7.87. The lowest BCUT2D eigenvalue weighted by Crippen LogP contribution is -2.41. The first-order valence-electron chi connectivity index (χ1n) is 9.46. The quantitative estimate of drug-likeness (QED) is 0.703. The van der Waals surface area contributed by atoms with Crippen molar-refractivity contribution < 1.29 is 9.90 Å². The summed E-state index contributed by atoms with van der Waals surface area (Å²) >= 11 is 1.30. The van der Waals surface area contributed by atoms with Crippen molar-refractivity contribution in [3.8, 4) is 0 Å². The number of carbonyl (C=O) groups is 1. The molecule has 0 aliphatic rings. The summed E-state index contributed by atoms with van der Waals surface area (Å²) in [6.45, 7) is 9.52. The molecule has 0 spiro atoms. The standard InChI is InChI=1S/C23H31NO2S/c1-18(21(25)15-22(26)27-23(2,3)4)24(16-19-11-7-5-8-12-19)17-20-13-9-6-10-14-20/h5-14,18,21,25H,15-17H2,1-4H3/t18-,21-/m0/s1. The fourth-order valence-electron chi connectivity index (χ4n) is 2.95. The SMILES string of the molecule is C[C@@H]([C@@H](O)CC(=O)SC(C)(C)C)N(Cc1ccccc1)Cc1ccccc1. The normalized spacial score (nSPS) is 14.1. The lowest BCUT2D eigenvalue weighted by atomic mass is 10.1. The molecule has 0 aromatic heterocycles. The van der Waals surface area contributed by atoms with E-state index in [-0.39, 0.29) is 22.3 Å². The number of nitrogens with zero attached hydrogens (tertiary/aromatic N) is 1. The van der Waals surface area contributed by atoms with Gasteiger partial charge in [-0.15, -0.1) is 0 Å². The van der Waals surface area contributed by atoms with Gasteiger partial charge in [-0.3, -0.25) is 9.69 Å². The average Bonchev–Trinajstić information content (AvgIpc) is 2.60. The molecule has 2 aromatic carbocycles. The molecule has 0 bridgehead atoms. The van der Waals surface area contributed by atoms with Gasteiger partial charge in [0.2, 0.25) is 0 Å². The van der Waals surface area contributed by atoms with Crippen molar-refractivity contribution in [2.45, 2.75) is 64.1 Å². The second-order valence-corrected chi connectivity index (χ2v) is 9.86. The Morgan fingerprint density at radius 1 is 0.963 bits per heavy atom. The molecule has 0 aliphatic carbocycles. The molecule has 2 atom stereocenters. The van der Waals surface area contributed by atoms with Crippen LogP contribution in [0.3, 0.4) is 0 Å². The van der Waals surface area contributed by atoms with E-state index in [0.717, 1.165) is 13.1 Å². The van der Waals surface area contributed by atoms with E-state index in [9.17, 15) is 9.90 Å². The number of rotatable bonds is 8. The first kappa shape index (κ1) is 21.7. The monoisotopic (exact) mass is 385 g/mol. The van der Waals surface area contributed by atoms with Crippen LogP contribution in [0, 0.1) is 0 Å². The Kier molecular flexibility index (Phi) is 8.08. The predicted octanol–water partition coefficient (Wildman–Crippen LogP) is 4.89. The summed E-state index contributed by atoms with van der Waals surface area (Å²) in [6, 6.07) is 20.4. The molecule has 3 nitrogen and oxygen atoms in total. The van der Waals surface area contributed by atoms with E-state index >= 15 is 0 Å². The summed E-state index contributed by atoms with van der Waals surface area (Å²) in [5.74, 6) is 0. The van der Waals surface area contributed by atoms with Gasteiger partial charge in [0.25, 0.3) is 0 Å². The number of aliphatic hydroxyl groups excluding tert-OH is 1. The van der Waals surface area contributed by atoms with Crippen LogP contribution in [0.1, 0.15) is 45.2 Å². The van der Waals surface area contributed by atoms with Crippen molar-refractivity contribution in [1.29, 1.82) is 0 Å². The predicted molar refractivity (Wildman–Crippen MR) is 115 cm³/mol. The lowest BCUT2D eigenvalue weighted by molar-refractivity contribution is -0.113. The van der Waals surface area contributed by atoms with Gasteiger partial charge in [-0.2, -0.15) is 0 Å². The fraction of sp³-hybridized carbons (Fsp3) is 0.435. The molecule has 0 aliphatic heterocycles. The van der Waals surface area contributed by atoms with Crippen LogP contribution < -0.4 is 0 Å². The Hall–Kier alpha value is -1.62. The van der Waals surface area contributed by atoms with Crippen LogP contribution in [0.25, 0.3) is 0 Å². The van der Waals surface area contributed by atoms with Crippen LogP contribution in [-0.4, -0.2) is 32.0 Å². The third-order valence-corrected chi connectivity index (χ3v) is 5.39. The first-order chi connectivity index (χ1) is 12.7. The second-order valence-electron chi connectivity index (χ2n) is 7.97. The van der Waals surface area contributed by atoms with E-state index < -0.39 is 6.10 Å². The Labute approximate surface area is 167 Å². The minimum absolute atomic E-state index is 0.0428. The smallest absolute Gasteiger partial charge is 0.192 e. The zero-order valence-corrected chi connectivity index (χ0v) is 17.6. The Morgan fingerprint density at radius 3 is 1.81 bits per heavy atom. The average molecular weight is 386 g/mol. The van der Waals surface area contributed by atoms with E-state index in [0.29, 0.717) is 0 Å². The molecular weight excluding hydrogens is 354 g/mol. The zero-order chi connectivity index (χ0) is 19.9. The molecule has 2 aromatic rings. The van der Waals surface area contributed by atoms with Crippen LogP contribution >= 0.6 is 11.8 Å². The molecule has 0 saturated carbocycles. The van der Waals surface area contributed by atoms with Crippen molar-refractivity contribution in [3.63, 3.8) is 0 Å². The summed E-state index contributed by atoms with van der Waals surface area (Å²) in [5.41, 5.74) is 2.39. The van der Waals surface area contributed by atoms with Gasteiger partial charge in [-0.05, 0) is 18.1 Å². The van der Waals surface area contributed by atoms with E-state index in [4.69, 9.17) is 0 Å². The van der Waals surface area contributed by atoms with Crippen molar-refractivity contribution >= 4 is 16.9 Å². The van der Waals surface area contributed by atoms with Crippen molar-refractivity contribution in [1.82, 2.24) is 4.90 Å². The minimum Gasteiger partial charge on any atom is -0.391 e. The second kappa shape index (κ2) is 10.1. The molecule has 0 fully saturated rings. The Balaban J connectivity index is 2.09. The van der Waals surface area contributed by atoms with E-state index in [2.05, 4.69) is 29.2 Å². The number of aliphatic hydroxyl groups is 1. The van der Waals surface area contributed by atoms with Crippen LogP contribution in [0.5, 0.6) is 0 Å². The highest BCUT2D eigenvalue weighted by atomic mass is 32.2. The maximum Gasteiger partial charge on any atom is 0.192 e. The largest absolute Gasteiger partial charge is 0.391 e. The van der Waals surface area contributed by atoms with Gasteiger partial charge in [-0.25, -0.2) is 0 Å². The molecule has 0 saturated heterocycles. The maximum atomic E-state index is 12.3. The maximum absolute atomic E-state index is 12.3. The Bertz CT molecular complexity index is 656. The van der Waals surface area contributed by atoms with Gasteiger partial charge in [0.15, 0.2) is 5.12 Å². The molecule has 2 rings (SSSR count). The van der Waals surface area contributed by atoms with Gasteiger partial charge in [0.05, 0.1) is 6.10 Å². The number of hydrogen-bond acceptors (Lipinski definition) is 4. The van der Waals surface area contributed by atoms with Crippen molar-refractivity contribution in [2.75, 3.05) is 0 Å². The molecule has 146 valence electrons. The summed E-state index contributed by atoms with van der Waals surface area (Å²) in [7, 11) is 0. The number of thioether (sulfide) groups is 1. The van der Waals surface area contributed by atoms with Gasteiger partial charge in [-0.1, -0.05) is 93.2 Å². The van der Waals surface area contributed by atoms with E-state index in [1.54, 1.807) is 0 Å². The summed E-state index contributed by atoms with van der Waals surface area (Å²) in [4.78, 5) is 14.5. The molecular formula is C23H31NO2S. The van der Waals surface area contributed by atoms with Gasteiger partial charge >= 0.3 is 0 Å². The summed E-state index contributed by atoms with van der Waals surface area (Å²) < 4.78 is -0.131. The fourth-order valence-corrected chi connectivity index (χ4v) is 3.88. The zero-order valence-electron chi connectivity index (χ0n) is 16.8. The molecule has 27 heavy (non-hydrogen) atoms. The van der Waals surface area contributed by atoms with Crippen LogP contribution in [-0.2, 0) is 17.9 Å². The highest BCUT2D eigenvalue weighted by Crippen LogP contribution is 2.27. The van der Waals surface area contributed by atoms with Gasteiger partial charge in [0, 0.05) is 30.3 Å². The number of carbonyl (C=O) groups excluding carboxylic acids is 1. The molecule has 0 radical (unpaired) electrons. The first-order valence-corrected chi connectivity index (χ1v) is 10.3. The van der Waals surface area contributed by atoms with E-state index in [1.165, 1.54) is 22.9 Å². The molecule has 0 amide bonds. The third-order valence-electron chi connectivity index (χ3n) is 4.39. The number of benzene rings is 2. The Morgan fingerprint density at radius 2 is 1.41 bits per heavy atom. The van der Waals surface area contributed by atoms with Crippen molar-refractivity contribution in [3.05, 3.63) is 71.8 Å². The van der Waals surface area contributed by atoms with Crippen LogP contribution in [0.4, 0.5) is 0 Å². The van der Waals surface area contributed by atoms with Gasteiger partial charge < -0.3 is 5.11 Å². The van der Waals surface area contributed by atoms with E-state index in [1.807, 2.05) is 64.1 Å².